The zero-order valence-corrected chi connectivity index (χ0v) is 21.9. The fourth-order valence-electron chi connectivity index (χ4n) is 4.73. The fraction of sp³-hybridized carbons (Fsp3) is 0.321. The van der Waals surface area contributed by atoms with Crippen molar-refractivity contribution in [2.24, 2.45) is 5.41 Å². The summed E-state index contributed by atoms with van der Waals surface area (Å²) in [6, 6.07) is 13.7. The van der Waals surface area contributed by atoms with Gasteiger partial charge in [-0.25, -0.2) is 9.18 Å². The second-order valence-electron chi connectivity index (χ2n) is 10.1. The third kappa shape index (κ3) is 4.41. The standard InChI is InChI=1S/C28H31FNO5P/c1-7-28(25(31)32,36(34)35)27(6,33)21-14-16-23(19-11-9-8-10-12-19)30(24(21)26(3,4)5)20-13-15-22(29)18(2)17-20/h1,8-17,23,33,36H,2-6H3,(H,31,32)(H,34,35). The lowest BCUT2D eigenvalue weighted by Crippen LogP contribution is -2.57. The molecule has 1 aliphatic heterocycles. The monoisotopic (exact) mass is 511 g/mol. The number of carbonyl (C=O) groups is 1. The minimum Gasteiger partial charge on any atom is -0.480 e. The molecule has 0 aliphatic carbocycles. The number of aliphatic carboxylic acids is 1. The van der Waals surface area contributed by atoms with Crippen molar-refractivity contribution in [3.05, 3.63) is 88.9 Å². The maximum Gasteiger partial charge on any atom is 0.335 e. The van der Waals surface area contributed by atoms with Crippen molar-refractivity contribution in [2.45, 2.75) is 51.4 Å². The predicted molar refractivity (Wildman–Crippen MR) is 139 cm³/mol. The smallest absolute Gasteiger partial charge is 0.335 e. The fourth-order valence-corrected chi connectivity index (χ4v) is 5.59. The van der Waals surface area contributed by atoms with Crippen molar-refractivity contribution < 1.29 is 28.9 Å². The first kappa shape index (κ1) is 27.4. The highest BCUT2D eigenvalue weighted by atomic mass is 31.1. The van der Waals surface area contributed by atoms with E-state index in [-0.39, 0.29) is 11.4 Å². The van der Waals surface area contributed by atoms with Crippen LogP contribution in [0.1, 0.15) is 44.9 Å². The summed E-state index contributed by atoms with van der Waals surface area (Å²) in [5.41, 5.74) is -0.678. The van der Waals surface area contributed by atoms with Gasteiger partial charge in [-0.3, -0.25) is 4.57 Å². The average molecular weight is 512 g/mol. The Morgan fingerprint density at radius 1 is 1.14 bits per heavy atom. The van der Waals surface area contributed by atoms with E-state index in [2.05, 4.69) is 0 Å². The van der Waals surface area contributed by atoms with Gasteiger partial charge >= 0.3 is 5.97 Å². The first-order valence-corrected chi connectivity index (χ1v) is 12.8. The van der Waals surface area contributed by atoms with E-state index in [1.807, 2.05) is 61.9 Å². The summed E-state index contributed by atoms with van der Waals surface area (Å²) in [5.74, 6) is -0.220. The molecule has 190 valence electrons. The van der Waals surface area contributed by atoms with Gasteiger partial charge in [-0.2, -0.15) is 0 Å². The van der Waals surface area contributed by atoms with Gasteiger partial charge in [0.2, 0.25) is 13.2 Å². The third-order valence-corrected chi connectivity index (χ3v) is 8.09. The Hall–Kier alpha value is -3.17. The summed E-state index contributed by atoms with van der Waals surface area (Å²) in [6.45, 7) is 8.43. The van der Waals surface area contributed by atoms with Gasteiger partial charge in [0.25, 0.3) is 0 Å². The van der Waals surface area contributed by atoms with Crippen LogP contribution < -0.4 is 4.90 Å². The lowest BCUT2D eigenvalue weighted by molar-refractivity contribution is -0.143. The van der Waals surface area contributed by atoms with Gasteiger partial charge in [-0.1, -0.05) is 69.2 Å². The van der Waals surface area contributed by atoms with Gasteiger partial charge < -0.3 is 20.0 Å². The number of rotatable bonds is 6. The van der Waals surface area contributed by atoms with Gasteiger partial charge in [-0.05, 0) is 43.2 Å². The number of benzene rings is 2. The van der Waals surface area contributed by atoms with E-state index >= 15 is 0 Å². The molecule has 8 heteroatoms. The van der Waals surface area contributed by atoms with Crippen LogP contribution in [0.3, 0.4) is 0 Å². The maximum atomic E-state index is 14.2. The van der Waals surface area contributed by atoms with Crippen LogP contribution in [0.2, 0.25) is 0 Å². The number of hydrogen-bond acceptors (Lipinski definition) is 4. The molecular formula is C28H31FNO5P. The first-order valence-electron chi connectivity index (χ1n) is 11.4. The molecule has 0 saturated carbocycles. The van der Waals surface area contributed by atoms with Crippen molar-refractivity contribution >= 4 is 19.7 Å². The average Bonchev–Trinajstić information content (AvgIpc) is 2.80. The largest absolute Gasteiger partial charge is 0.480 e. The van der Waals surface area contributed by atoms with Gasteiger partial charge in [0.1, 0.15) is 11.4 Å². The number of halogens is 1. The molecular weight excluding hydrogens is 480 g/mol. The van der Waals surface area contributed by atoms with Crippen LogP contribution in [0.4, 0.5) is 10.1 Å². The maximum absolute atomic E-state index is 14.2. The molecule has 36 heavy (non-hydrogen) atoms. The number of allylic oxidation sites excluding steroid dienone is 1. The molecule has 0 bridgehead atoms. The van der Waals surface area contributed by atoms with E-state index in [1.165, 1.54) is 6.07 Å². The molecule has 4 unspecified atom stereocenters. The van der Waals surface area contributed by atoms with E-state index in [9.17, 15) is 28.9 Å². The number of aryl methyl sites for hydroxylation is 1. The highest BCUT2D eigenvalue weighted by Gasteiger charge is 2.60. The van der Waals surface area contributed by atoms with Gasteiger partial charge in [0, 0.05) is 22.4 Å². The third-order valence-electron chi connectivity index (χ3n) is 6.60. The quantitative estimate of drug-likeness (QED) is 0.363. The van der Waals surface area contributed by atoms with Crippen LogP contribution in [-0.4, -0.2) is 31.8 Å². The first-order chi connectivity index (χ1) is 16.7. The van der Waals surface area contributed by atoms with Gasteiger partial charge in [0.15, 0.2) is 0 Å². The van der Waals surface area contributed by atoms with E-state index < -0.39 is 36.2 Å². The van der Waals surface area contributed by atoms with Crippen molar-refractivity contribution in [1.82, 2.24) is 0 Å². The molecule has 6 nitrogen and oxygen atoms in total. The second kappa shape index (κ2) is 9.71. The molecule has 2 aromatic carbocycles. The van der Waals surface area contributed by atoms with Gasteiger partial charge in [-0.15, -0.1) is 6.42 Å². The summed E-state index contributed by atoms with van der Waals surface area (Å²) in [5, 5.41) is 19.0. The number of aliphatic hydroxyl groups is 1. The molecule has 1 aliphatic rings. The Labute approximate surface area is 211 Å². The minimum atomic E-state index is -3.99. The zero-order valence-electron chi connectivity index (χ0n) is 20.9. The van der Waals surface area contributed by atoms with E-state index in [1.54, 1.807) is 31.2 Å². The molecule has 0 spiro atoms. The van der Waals surface area contributed by atoms with Crippen molar-refractivity contribution in [3.63, 3.8) is 0 Å². The topological polar surface area (TPSA) is 98.1 Å². The Kier molecular flexibility index (Phi) is 7.39. The Balaban J connectivity index is 2.44. The molecule has 4 atom stereocenters. The van der Waals surface area contributed by atoms with E-state index in [0.717, 1.165) is 12.5 Å². The molecule has 1 heterocycles. The molecule has 3 rings (SSSR count). The minimum absolute atomic E-state index is 0.0944. The summed E-state index contributed by atoms with van der Waals surface area (Å²) >= 11 is 0. The van der Waals surface area contributed by atoms with Crippen LogP contribution in [0, 0.1) is 30.5 Å². The molecule has 3 N–H and O–H groups in total. The second-order valence-corrected chi connectivity index (χ2v) is 11.5. The van der Waals surface area contributed by atoms with Crippen LogP contribution >= 0.6 is 8.03 Å². The number of anilines is 1. The zero-order chi connectivity index (χ0) is 27.1. The Bertz CT molecular complexity index is 1290. The molecule has 0 fully saturated rings. The summed E-state index contributed by atoms with van der Waals surface area (Å²) in [6.07, 6.45) is 8.87. The van der Waals surface area contributed by atoms with Crippen LogP contribution in [0.25, 0.3) is 0 Å². The van der Waals surface area contributed by atoms with E-state index in [4.69, 9.17) is 6.42 Å². The van der Waals surface area contributed by atoms with Crippen molar-refractivity contribution in [2.75, 3.05) is 4.90 Å². The number of hydrogen-bond donors (Lipinski definition) is 3. The summed E-state index contributed by atoms with van der Waals surface area (Å²) in [7, 11) is -3.99. The Morgan fingerprint density at radius 3 is 2.22 bits per heavy atom. The molecule has 0 aromatic heterocycles. The van der Waals surface area contributed by atoms with Gasteiger partial charge in [0.05, 0.1) is 6.04 Å². The van der Waals surface area contributed by atoms with Crippen LogP contribution in [-0.2, 0) is 9.36 Å². The number of carboxylic acids is 1. The van der Waals surface area contributed by atoms with Crippen molar-refractivity contribution in [3.8, 4) is 12.3 Å². The summed E-state index contributed by atoms with van der Waals surface area (Å²) < 4.78 is 26.7. The van der Waals surface area contributed by atoms with E-state index in [0.29, 0.717) is 16.9 Å². The normalized spacial score (nSPS) is 20.3. The van der Waals surface area contributed by atoms with Crippen LogP contribution in [0.5, 0.6) is 0 Å². The summed E-state index contributed by atoms with van der Waals surface area (Å²) in [4.78, 5) is 24.3. The molecule has 0 amide bonds. The lowest BCUT2D eigenvalue weighted by atomic mass is 9.73. The number of terminal acetylenes is 1. The van der Waals surface area contributed by atoms with Crippen LogP contribution in [0.15, 0.2) is 72.0 Å². The van der Waals surface area contributed by atoms with Crippen molar-refractivity contribution in [1.29, 1.82) is 0 Å². The molecule has 2 aromatic rings. The predicted octanol–water partition coefficient (Wildman–Crippen LogP) is 5.23. The Morgan fingerprint density at radius 2 is 1.75 bits per heavy atom. The molecule has 0 radical (unpaired) electrons. The number of nitrogens with zero attached hydrogens (tertiary/aromatic N) is 1. The highest BCUT2D eigenvalue weighted by molar-refractivity contribution is 7.42. The number of carboxylic acid groups (broad SMARTS) is 1. The SMILES string of the molecule is C#CC(C(=O)O)([PH](=O)O)C(C)(O)C1=C(C(C)(C)C)N(c2ccc(F)c(C)c2)C(c2ccccc2)C=C1. The highest BCUT2D eigenvalue weighted by Crippen LogP contribution is 2.53. The lowest BCUT2D eigenvalue weighted by Gasteiger charge is -2.48. The molecule has 0 saturated heterocycles.